The van der Waals surface area contributed by atoms with E-state index in [0.29, 0.717) is 19.0 Å². The van der Waals surface area contributed by atoms with E-state index in [9.17, 15) is 13.2 Å². The molecule has 3 aromatic carbocycles. The molecular formula is C27H28N6O3S. The number of fused-ring (bicyclic) bond motifs is 1. The predicted octanol–water partition coefficient (Wildman–Crippen LogP) is 3.62. The molecule has 0 aliphatic carbocycles. The third kappa shape index (κ3) is 5.25. The smallest absolute Gasteiger partial charge is 0.240 e. The summed E-state index contributed by atoms with van der Waals surface area (Å²) >= 11 is 0. The normalized spacial score (nSPS) is 14.1. The Morgan fingerprint density at radius 1 is 0.946 bits per heavy atom. The molecule has 9 nitrogen and oxygen atoms in total. The van der Waals surface area contributed by atoms with Crippen LogP contribution in [0.15, 0.2) is 77.8 Å². The molecule has 0 bridgehead atoms. The van der Waals surface area contributed by atoms with Gasteiger partial charge < -0.3 is 15.1 Å². The summed E-state index contributed by atoms with van der Waals surface area (Å²) in [7, 11) is -2.11. The zero-order valence-corrected chi connectivity index (χ0v) is 21.5. The van der Waals surface area contributed by atoms with Crippen LogP contribution in [0.25, 0.3) is 22.0 Å². The molecule has 2 N–H and O–H groups in total. The Morgan fingerprint density at radius 2 is 1.68 bits per heavy atom. The van der Waals surface area contributed by atoms with E-state index < -0.39 is 10.0 Å². The number of benzene rings is 3. The Labute approximate surface area is 216 Å². The number of nitrogens with one attached hydrogen (secondary N) is 2. The van der Waals surface area contributed by atoms with Crippen molar-refractivity contribution >= 4 is 44.2 Å². The molecule has 0 spiro atoms. The van der Waals surface area contributed by atoms with Gasteiger partial charge in [0.2, 0.25) is 21.9 Å². The molecule has 0 saturated carbocycles. The SMILES string of the molecule is CNS(=O)(=O)c1ccc(-c2cccc3cnc(Nc4cccc(N5CCN(C(C)=O)CC5)c4)nc23)cc1. The first-order valence-electron chi connectivity index (χ1n) is 12.0. The van der Waals surface area contributed by atoms with Crippen LogP contribution in [0, 0.1) is 0 Å². The number of piperazine rings is 1. The minimum atomic E-state index is -3.51. The van der Waals surface area contributed by atoms with E-state index in [1.807, 2.05) is 35.2 Å². The molecule has 4 aromatic rings. The molecule has 37 heavy (non-hydrogen) atoms. The monoisotopic (exact) mass is 516 g/mol. The average molecular weight is 517 g/mol. The highest BCUT2D eigenvalue weighted by Crippen LogP contribution is 2.29. The summed E-state index contributed by atoms with van der Waals surface area (Å²) in [5, 5.41) is 4.20. The summed E-state index contributed by atoms with van der Waals surface area (Å²) in [6, 6.07) is 20.7. The van der Waals surface area contributed by atoms with Gasteiger partial charge in [0.05, 0.1) is 10.4 Å². The lowest BCUT2D eigenvalue weighted by molar-refractivity contribution is -0.129. The van der Waals surface area contributed by atoms with E-state index in [-0.39, 0.29) is 10.8 Å². The molecule has 1 aromatic heterocycles. The fourth-order valence-electron chi connectivity index (χ4n) is 4.47. The quantitative estimate of drug-likeness (QED) is 0.403. The summed E-state index contributed by atoms with van der Waals surface area (Å²) in [4.78, 5) is 25.3. The number of carbonyl (C=O) groups is 1. The molecule has 5 rings (SSSR count). The first-order chi connectivity index (χ1) is 17.8. The second-order valence-electron chi connectivity index (χ2n) is 8.84. The topological polar surface area (TPSA) is 108 Å². The van der Waals surface area contributed by atoms with Crippen LogP contribution in [-0.4, -0.2) is 62.4 Å². The Bertz CT molecular complexity index is 1550. The van der Waals surface area contributed by atoms with E-state index in [4.69, 9.17) is 4.98 Å². The van der Waals surface area contributed by atoms with Crippen molar-refractivity contribution in [2.45, 2.75) is 11.8 Å². The van der Waals surface area contributed by atoms with Gasteiger partial charge in [-0.2, -0.15) is 0 Å². The molecule has 0 atom stereocenters. The zero-order valence-electron chi connectivity index (χ0n) is 20.7. The maximum absolute atomic E-state index is 12.1. The maximum atomic E-state index is 12.1. The lowest BCUT2D eigenvalue weighted by Crippen LogP contribution is -2.48. The van der Waals surface area contributed by atoms with E-state index >= 15 is 0 Å². The van der Waals surface area contributed by atoms with Gasteiger partial charge in [0.25, 0.3) is 0 Å². The molecule has 0 radical (unpaired) electrons. The van der Waals surface area contributed by atoms with Crippen molar-refractivity contribution in [1.29, 1.82) is 0 Å². The van der Waals surface area contributed by atoms with E-state index in [1.54, 1.807) is 37.4 Å². The van der Waals surface area contributed by atoms with Crippen molar-refractivity contribution in [1.82, 2.24) is 19.6 Å². The van der Waals surface area contributed by atoms with Crippen molar-refractivity contribution in [3.8, 4) is 11.1 Å². The number of aromatic nitrogens is 2. The van der Waals surface area contributed by atoms with Crippen LogP contribution in [0.3, 0.4) is 0 Å². The molecule has 0 unspecified atom stereocenters. The summed E-state index contributed by atoms with van der Waals surface area (Å²) in [5.74, 6) is 0.578. The van der Waals surface area contributed by atoms with Gasteiger partial charge in [-0.05, 0) is 42.9 Å². The first kappa shape index (κ1) is 24.7. The summed E-state index contributed by atoms with van der Waals surface area (Å²) in [6.07, 6.45) is 1.78. The minimum absolute atomic E-state index is 0.113. The Kier molecular flexibility index (Phi) is 6.77. The van der Waals surface area contributed by atoms with Crippen LogP contribution in [0.2, 0.25) is 0 Å². The molecule has 1 aliphatic heterocycles. The first-order valence-corrected chi connectivity index (χ1v) is 13.5. The summed E-state index contributed by atoms with van der Waals surface area (Å²) in [6.45, 7) is 4.61. The minimum Gasteiger partial charge on any atom is -0.368 e. The van der Waals surface area contributed by atoms with Crippen molar-refractivity contribution < 1.29 is 13.2 Å². The van der Waals surface area contributed by atoms with Crippen molar-refractivity contribution in [3.63, 3.8) is 0 Å². The number of amides is 1. The molecule has 1 aliphatic rings. The highest BCUT2D eigenvalue weighted by atomic mass is 32.2. The van der Waals surface area contributed by atoms with Gasteiger partial charge in [-0.1, -0.05) is 36.4 Å². The summed E-state index contributed by atoms with van der Waals surface area (Å²) < 4.78 is 26.5. The average Bonchev–Trinajstić information content (AvgIpc) is 2.93. The standard InChI is InChI=1S/C27H28N6O3S/c1-19(34)32-13-15-33(16-14-32)23-7-4-6-22(17-23)30-27-29-18-21-5-3-8-25(26(21)31-27)20-9-11-24(12-10-20)37(35,36)28-2/h3-12,17-18,28H,13-16H2,1-2H3,(H,29,30,31). The number of hydrogen-bond donors (Lipinski definition) is 2. The van der Waals surface area contributed by atoms with Crippen molar-refractivity contribution in [3.05, 3.63) is 72.9 Å². The third-order valence-electron chi connectivity index (χ3n) is 6.55. The van der Waals surface area contributed by atoms with E-state index in [2.05, 4.69) is 32.1 Å². The van der Waals surface area contributed by atoms with Crippen LogP contribution >= 0.6 is 0 Å². The molecule has 2 heterocycles. The fraction of sp³-hybridized carbons (Fsp3) is 0.222. The number of anilines is 3. The lowest BCUT2D eigenvalue weighted by Gasteiger charge is -2.35. The third-order valence-corrected chi connectivity index (χ3v) is 7.98. The Balaban J connectivity index is 1.40. The van der Waals surface area contributed by atoms with Gasteiger partial charge in [-0.3, -0.25) is 4.79 Å². The van der Waals surface area contributed by atoms with Crippen LogP contribution in [0.5, 0.6) is 0 Å². The largest absolute Gasteiger partial charge is 0.368 e. The lowest BCUT2D eigenvalue weighted by atomic mass is 10.0. The highest BCUT2D eigenvalue weighted by Gasteiger charge is 2.19. The van der Waals surface area contributed by atoms with Gasteiger partial charge >= 0.3 is 0 Å². The van der Waals surface area contributed by atoms with Crippen LogP contribution < -0.4 is 14.9 Å². The molecule has 1 amide bonds. The van der Waals surface area contributed by atoms with Crippen molar-refractivity contribution in [2.24, 2.45) is 0 Å². The molecule has 1 saturated heterocycles. The highest BCUT2D eigenvalue weighted by molar-refractivity contribution is 7.89. The number of rotatable bonds is 6. The number of carbonyl (C=O) groups excluding carboxylic acids is 1. The number of sulfonamides is 1. The Hall–Kier alpha value is -4.02. The second-order valence-corrected chi connectivity index (χ2v) is 10.7. The summed E-state index contributed by atoms with van der Waals surface area (Å²) in [5.41, 5.74) is 4.45. The van der Waals surface area contributed by atoms with Crippen molar-refractivity contribution in [2.75, 3.05) is 43.4 Å². The van der Waals surface area contributed by atoms with E-state index in [0.717, 1.165) is 46.5 Å². The predicted molar refractivity (Wildman–Crippen MR) is 145 cm³/mol. The number of nitrogens with zero attached hydrogens (tertiary/aromatic N) is 4. The van der Waals surface area contributed by atoms with Crippen LogP contribution in [0.1, 0.15) is 6.92 Å². The Morgan fingerprint density at radius 3 is 2.38 bits per heavy atom. The second kappa shape index (κ2) is 10.2. The zero-order chi connectivity index (χ0) is 26.0. The number of para-hydroxylation sites is 1. The van der Waals surface area contributed by atoms with Gasteiger partial charge in [-0.25, -0.2) is 23.1 Å². The maximum Gasteiger partial charge on any atom is 0.240 e. The molecule has 1 fully saturated rings. The van der Waals surface area contributed by atoms with Crippen LogP contribution in [-0.2, 0) is 14.8 Å². The van der Waals surface area contributed by atoms with Gasteiger partial charge in [0, 0.05) is 61.6 Å². The van der Waals surface area contributed by atoms with Gasteiger partial charge in [0.1, 0.15) is 0 Å². The molecule has 190 valence electrons. The molecule has 10 heteroatoms. The fourth-order valence-corrected chi connectivity index (χ4v) is 5.20. The van der Waals surface area contributed by atoms with Gasteiger partial charge in [0.15, 0.2) is 0 Å². The number of hydrogen-bond acceptors (Lipinski definition) is 7. The van der Waals surface area contributed by atoms with Gasteiger partial charge in [-0.15, -0.1) is 0 Å². The van der Waals surface area contributed by atoms with E-state index in [1.165, 1.54) is 7.05 Å². The van der Waals surface area contributed by atoms with Crippen LogP contribution in [0.4, 0.5) is 17.3 Å². The molecular weight excluding hydrogens is 488 g/mol.